The topological polar surface area (TPSA) is 12.9 Å². The van der Waals surface area contributed by atoms with Crippen molar-refractivity contribution in [1.82, 2.24) is 4.98 Å². The molecule has 7 rings (SSSR count). The normalized spacial score (nSPS) is 15.7. The highest BCUT2D eigenvalue weighted by molar-refractivity contribution is 5.86. The van der Waals surface area contributed by atoms with Crippen LogP contribution < -0.4 is 0 Å². The van der Waals surface area contributed by atoms with Gasteiger partial charge in [-0.15, -0.1) is 0 Å². The molecule has 5 aromatic rings. The molecule has 1 nitrogen and oxygen atoms in total. The van der Waals surface area contributed by atoms with Gasteiger partial charge in [-0.25, -0.2) is 0 Å². The van der Waals surface area contributed by atoms with Crippen LogP contribution in [-0.4, -0.2) is 4.98 Å². The lowest BCUT2D eigenvalue weighted by molar-refractivity contribution is 0.658. The molecule has 0 aliphatic heterocycles. The average molecular weight is 464 g/mol. The lowest BCUT2D eigenvalue weighted by Crippen LogP contribution is -2.15. The number of fused-ring (bicyclic) bond motifs is 6. The van der Waals surface area contributed by atoms with E-state index in [-0.39, 0.29) is 10.8 Å². The van der Waals surface area contributed by atoms with Crippen molar-refractivity contribution < 1.29 is 0 Å². The quantitative estimate of drug-likeness (QED) is 0.254. The molecular formula is C35H29N. The van der Waals surface area contributed by atoms with E-state index < -0.39 is 0 Å². The maximum Gasteiger partial charge on any atom is 0.0746 e. The first-order valence-corrected chi connectivity index (χ1v) is 12.8. The molecule has 4 aromatic carbocycles. The van der Waals surface area contributed by atoms with Gasteiger partial charge in [-0.3, -0.25) is 4.98 Å². The minimum absolute atomic E-state index is 0.00452. The smallest absolute Gasteiger partial charge is 0.0746 e. The second-order valence-corrected chi connectivity index (χ2v) is 11.3. The van der Waals surface area contributed by atoms with E-state index in [4.69, 9.17) is 4.98 Å². The molecule has 36 heavy (non-hydrogen) atoms. The minimum Gasteiger partial charge on any atom is -0.255 e. The van der Waals surface area contributed by atoms with Crippen LogP contribution >= 0.6 is 0 Å². The lowest BCUT2D eigenvalue weighted by atomic mass is 9.80. The van der Waals surface area contributed by atoms with Crippen molar-refractivity contribution in [1.29, 1.82) is 0 Å². The number of nitrogens with zero attached hydrogens (tertiary/aromatic N) is 1. The van der Waals surface area contributed by atoms with E-state index in [9.17, 15) is 0 Å². The number of pyridine rings is 1. The Balaban J connectivity index is 1.34. The van der Waals surface area contributed by atoms with Gasteiger partial charge in [0.05, 0.1) is 5.69 Å². The summed E-state index contributed by atoms with van der Waals surface area (Å²) in [7, 11) is 0. The molecule has 1 aromatic heterocycles. The molecule has 0 N–H and O–H groups in total. The summed E-state index contributed by atoms with van der Waals surface area (Å²) >= 11 is 0. The standard InChI is InChI=1S/C35H29N/c1-34(2)29-13-9-8-12-26(29)27-16-14-24(19-31(27)34)25-20-32-33(36-21-25)28-18-23(22-10-6-5-7-11-22)15-17-30(28)35(32,3)4/h5-21H,1-4H3. The number of hydrogen-bond acceptors (Lipinski definition) is 1. The highest BCUT2D eigenvalue weighted by Gasteiger charge is 2.38. The van der Waals surface area contributed by atoms with Gasteiger partial charge in [0.1, 0.15) is 0 Å². The van der Waals surface area contributed by atoms with Gasteiger partial charge in [-0.05, 0) is 68.3 Å². The van der Waals surface area contributed by atoms with Crippen LogP contribution in [0.1, 0.15) is 49.9 Å². The molecule has 0 saturated heterocycles. The monoisotopic (exact) mass is 463 g/mol. The Hall–Kier alpha value is -3.97. The molecule has 1 heteroatoms. The largest absolute Gasteiger partial charge is 0.255 e. The van der Waals surface area contributed by atoms with Crippen molar-refractivity contribution in [3.05, 3.63) is 126 Å². The zero-order valence-corrected chi connectivity index (χ0v) is 21.3. The summed E-state index contributed by atoms with van der Waals surface area (Å²) in [4.78, 5) is 5.08. The lowest BCUT2D eigenvalue weighted by Gasteiger charge is -2.23. The molecule has 0 atom stereocenters. The molecule has 0 amide bonds. The van der Waals surface area contributed by atoms with Gasteiger partial charge in [0.15, 0.2) is 0 Å². The van der Waals surface area contributed by atoms with Crippen LogP contribution in [0.4, 0.5) is 0 Å². The number of hydrogen-bond donors (Lipinski definition) is 0. The third-order valence-electron chi connectivity index (χ3n) is 8.53. The Kier molecular flexibility index (Phi) is 4.31. The highest BCUT2D eigenvalue weighted by Crippen LogP contribution is 2.51. The molecule has 0 spiro atoms. The van der Waals surface area contributed by atoms with Crippen LogP contribution in [0.2, 0.25) is 0 Å². The second-order valence-electron chi connectivity index (χ2n) is 11.3. The zero-order valence-electron chi connectivity index (χ0n) is 21.3. The first-order valence-electron chi connectivity index (χ1n) is 12.8. The predicted octanol–water partition coefficient (Wildman–Crippen LogP) is 9.03. The maximum atomic E-state index is 5.08. The van der Waals surface area contributed by atoms with Crippen LogP contribution in [0, 0.1) is 0 Å². The first kappa shape index (κ1) is 21.3. The summed E-state index contributed by atoms with van der Waals surface area (Å²) in [6, 6.07) is 35.6. The minimum atomic E-state index is -0.0882. The van der Waals surface area contributed by atoms with Crippen molar-refractivity contribution in [3.8, 4) is 44.6 Å². The Morgan fingerprint density at radius 1 is 0.444 bits per heavy atom. The molecule has 0 unspecified atom stereocenters. The SMILES string of the molecule is CC1(C)c2ccccc2-c2ccc(-c3cnc4c(c3)C(C)(C)c3ccc(-c5ccccc5)cc3-4)cc21. The molecule has 1 heterocycles. The third-order valence-corrected chi connectivity index (χ3v) is 8.53. The van der Waals surface area contributed by atoms with E-state index in [2.05, 4.69) is 131 Å². The molecule has 0 fully saturated rings. The van der Waals surface area contributed by atoms with Gasteiger partial charge in [0, 0.05) is 28.2 Å². The van der Waals surface area contributed by atoms with Crippen LogP contribution in [0.15, 0.2) is 103 Å². The molecule has 0 bridgehead atoms. The highest BCUT2D eigenvalue weighted by atomic mass is 14.7. The maximum absolute atomic E-state index is 5.08. The molecule has 0 radical (unpaired) electrons. The van der Waals surface area contributed by atoms with Crippen molar-refractivity contribution in [2.75, 3.05) is 0 Å². The van der Waals surface area contributed by atoms with E-state index in [1.807, 2.05) is 0 Å². The molecule has 0 saturated carbocycles. The average Bonchev–Trinajstić information content (AvgIpc) is 3.28. The van der Waals surface area contributed by atoms with Gasteiger partial charge in [0.2, 0.25) is 0 Å². The van der Waals surface area contributed by atoms with Crippen LogP contribution in [-0.2, 0) is 10.8 Å². The Labute approximate surface area is 213 Å². The summed E-state index contributed by atoms with van der Waals surface area (Å²) in [5, 5.41) is 0. The van der Waals surface area contributed by atoms with Gasteiger partial charge in [0.25, 0.3) is 0 Å². The summed E-state index contributed by atoms with van der Waals surface area (Å²) in [6.45, 7) is 9.33. The fourth-order valence-corrected chi connectivity index (χ4v) is 6.44. The van der Waals surface area contributed by atoms with Crippen LogP contribution in [0.5, 0.6) is 0 Å². The van der Waals surface area contributed by atoms with Crippen molar-refractivity contribution in [2.24, 2.45) is 0 Å². The molecule has 174 valence electrons. The first-order chi connectivity index (χ1) is 17.4. The van der Waals surface area contributed by atoms with Gasteiger partial charge in [-0.1, -0.05) is 107 Å². The number of rotatable bonds is 2. The predicted molar refractivity (Wildman–Crippen MR) is 150 cm³/mol. The van der Waals surface area contributed by atoms with E-state index in [1.54, 1.807) is 0 Å². The Morgan fingerprint density at radius 3 is 1.89 bits per heavy atom. The van der Waals surface area contributed by atoms with Crippen molar-refractivity contribution in [2.45, 2.75) is 38.5 Å². The van der Waals surface area contributed by atoms with Gasteiger partial charge in [-0.2, -0.15) is 0 Å². The Morgan fingerprint density at radius 2 is 1.06 bits per heavy atom. The molecule has 2 aliphatic rings. The van der Waals surface area contributed by atoms with Crippen molar-refractivity contribution in [3.63, 3.8) is 0 Å². The second kappa shape index (κ2) is 7.27. The number of benzene rings is 4. The summed E-state index contributed by atoms with van der Waals surface area (Å²) in [6.07, 6.45) is 2.07. The number of aromatic nitrogens is 1. The fourth-order valence-electron chi connectivity index (χ4n) is 6.44. The summed E-state index contributed by atoms with van der Waals surface area (Å²) in [5.41, 5.74) is 15.4. The summed E-state index contributed by atoms with van der Waals surface area (Å²) < 4.78 is 0. The van der Waals surface area contributed by atoms with Crippen LogP contribution in [0.3, 0.4) is 0 Å². The van der Waals surface area contributed by atoms with Gasteiger partial charge < -0.3 is 0 Å². The molecule has 2 aliphatic carbocycles. The fraction of sp³-hybridized carbons (Fsp3) is 0.171. The van der Waals surface area contributed by atoms with Crippen molar-refractivity contribution >= 4 is 0 Å². The van der Waals surface area contributed by atoms with E-state index in [0.717, 1.165) is 5.69 Å². The Bertz CT molecular complexity index is 1670. The van der Waals surface area contributed by atoms with E-state index >= 15 is 0 Å². The summed E-state index contributed by atoms with van der Waals surface area (Å²) in [5.74, 6) is 0. The van der Waals surface area contributed by atoms with E-state index in [1.165, 1.54) is 61.2 Å². The third kappa shape index (κ3) is 2.86. The zero-order chi connectivity index (χ0) is 24.7. The van der Waals surface area contributed by atoms with E-state index in [0.29, 0.717) is 0 Å². The van der Waals surface area contributed by atoms with Gasteiger partial charge >= 0.3 is 0 Å². The molecular weight excluding hydrogens is 434 g/mol. The van der Waals surface area contributed by atoms with Crippen LogP contribution in [0.25, 0.3) is 44.6 Å².